The Labute approximate surface area is 184 Å². The zero-order chi connectivity index (χ0) is 22.8. The smallest absolute Gasteiger partial charge is 0.336 e. The number of aromatic carboxylic acids is 2. The Hall–Kier alpha value is -3.42. The molecule has 32 heavy (non-hydrogen) atoms. The van der Waals surface area contributed by atoms with Crippen LogP contribution in [0, 0.1) is 11.8 Å². The van der Waals surface area contributed by atoms with Crippen LogP contribution in [0.3, 0.4) is 0 Å². The number of esters is 2. The second-order valence-corrected chi connectivity index (χ2v) is 8.27. The number of carboxylic acids is 2. The third-order valence-corrected chi connectivity index (χ3v) is 6.38. The molecule has 0 aromatic heterocycles. The summed E-state index contributed by atoms with van der Waals surface area (Å²) >= 11 is 0. The molecular formula is C24H24O8. The number of rotatable bonds is 2. The standard InChI is InChI=1S/C14H10O4.C10H14O4/c15-13(16)9-2-1-7-5-8-3-4-10(11(7)6-9)12(8)14(17)18;11-9-7-3-1-2-4-8(7)10(12)14-6-5-13-9/h1-2,5-6H,3-4H2,(H,15,16)(H,17,18);7-8H,1-6H2. The average molecular weight is 440 g/mol. The van der Waals surface area contributed by atoms with E-state index in [1.165, 1.54) is 0 Å². The summed E-state index contributed by atoms with van der Waals surface area (Å²) in [4.78, 5) is 45.2. The van der Waals surface area contributed by atoms with Gasteiger partial charge in [0, 0.05) is 0 Å². The lowest BCUT2D eigenvalue weighted by atomic mass is 9.79. The number of carboxylic acid groups (broad SMARTS) is 2. The van der Waals surface area contributed by atoms with Crippen molar-refractivity contribution in [3.05, 3.63) is 46.5 Å². The van der Waals surface area contributed by atoms with Gasteiger partial charge in [-0.1, -0.05) is 25.0 Å². The van der Waals surface area contributed by atoms with Gasteiger partial charge in [0.05, 0.1) is 23.0 Å². The van der Waals surface area contributed by atoms with Crippen molar-refractivity contribution in [3.63, 3.8) is 0 Å². The van der Waals surface area contributed by atoms with Gasteiger partial charge in [-0.05, 0) is 59.7 Å². The van der Waals surface area contributed by atoms with Gasteiger partial charge in [0.2, 0.25) is 0 Å². The maximum Gasteiger partial charge on any atom is 0.336 e. The van der Waals surface area contributed by atoms with E-state index >= 15 is 0 Å². The van der Waals surface area contributed by atoms with Gasteiger partial charge in [0.25, 0.3) is 0 Å². The van der Waals surface area contributed by atoms with Gasteiger partial charge in [0.1, 0.15) is 13.2 Å². The van der Waals surface area contributed by atoms with Crippen molar-refractivity contribution in [2.45, 2.75) is 38.5 Å². The molecule has 8 nitrogen and oxygen atoms in total. The quantitative estimate of drug-likeness (QED) is 0.682. The predicted octanol–water partition coefficient (Wildman–Crippen LogP) is 3.23. The van der Waals surface area contributed by atoms with Crippen molar-refractivity contribution in [1.82, 2.24) is 0 Å². The summed E-state index contributed by atoms with van der Waals surface area (Å²) in [5, 5.41) is 19.8. The van der Waals surface area contributed by atoms with Crippen LogP contribution in [-0.4, -0.2) is 47.3 Å². The third-order valence-electron chi connectivity index (χ3n) is 6.38. The minimum Gasteiger partial charge on any atom is -0.478 e. The van der Waals surface area contributed by atoms with E-state index in [0.717, 1.165) is 47.6 Å². The molecule has 2 atom stereocenters. The first-order valence-electron chi connectivity index (χ1n) is 10.7. The Morgan fingerprint density at radius 3 is 2.03 bits per heavy atom. The zero-order valence-corrected chi connectivity index (χ0v) is 17.5. The molecule has 2 aromatic carbocycles. The Kier molecular flexibility index (Phi) is 6.12. The first kappa shape index (κ1) is 21.8. The molecular weight excluding hydrogens is 416 g/mol. The summed E-state index contributed by atoms with van der Waals surface area (Å²) in [7, 11) is 0. The molecule has 2 bridgehead atoms. The van der Waals surface area contributed by atoms with Crippen LogP contribution in [0.15, 0.2) is 24.3 Å². The first-order chi connectivity index (χ1) is 15.4. The van der Waals surface area contributed by atoms with Gasteiger partial charge in [-0.3, -0.25) is 9.59 Å². The Morgan fingerprint density at radius 1 is 0.844 bits per heavy atom. The maximum atomic E-state index is 11.5. The summed E-state index contributed by atoms with van der Waals surface area (Å²) in [5.41, 5.74) is 2.14. The molecule has 1 aliphatic heterocycles. The number of ether oxygens (including phenoxy) is 2. The highest BCUT2D eigenvalue weighted by molar-refractivity contribution is 6.03. The molecule has 0 amide bonds. The van der Waals surface area contributed by atoms with Crippen LogP contribution in [0.4, 0.5) is 0 Å². The predicted molar refractivity (Wildman–Crippen MR) is 113 cm³/mol. The number of hydrogen-bond donors (Lipinski definition) is 2. The number of fused-ring (bicyclic) bond motifs is 5. The lowest BCUT2D eigenvalue weighted by Gasteiger charge is -2.29. The van der Waals surface area contributed by atoms with E-state index < -0.39 is 11.9 Å². The highest BCUT2D eigenvalue weighted by Gasteiger charge is 2.38. The molecule has 1 saturated heterocycles. The molecule has 0 radical (unpaired) electrons. The molecule has 1 saturated carbocycles. The number of carbonyl (C=O) groups is 4. The zero-order valence-electron chi connectivity index (χ0n) is 17.5. The highest BCUT2D eigenvalue weighted by atomic mass is 16.6. The van der Waals surface area contributed by atoms with Crippen molar-refractivity contribution in [2.75, 3.05) is 13.2 Å². The lowest BCUT2D eigenvalue weighted by molar-refractivity contribution is -0.171. The molecule has 3 aliphatic rings. The Balaban J connectivity index is 0.000000158. The van der Waals surface area contributed by atoms with E-state index in [2.05, 4.69) is 0 Å². The molecule has 2 aromatic rings. The molecule has 1 heterocycles. The van der Waals surface area contributed by atoms with Gasteiger partial charge < -0.3 is 19.7 Å². The molecule has 0 spiro atoms. The minimum absolute atomic E-state index is 0.190. The number of aryl methyl sites for hydroxylation is 2. The summed E-state index contributed by atoms with van der Waals surface area (Å²) in [5.74, 6) is -2.87. The fourth-order valence-electron chi connectivity index (χ4n) is 4.84. The van der Waals surface area contributed by atoms with Crippen molar-refractivity contribution < 1.29 is 38.9 Å². The molecule has 2 aliphatic carbocycles. The van der Waals surface area contributed by atoms with Gasteiger partial charge in [-0.25, -0.2) is 9.59 Å². The van der Waals surface area contributed by atoms with E-state index in [-0.39, 0.29) is 42.6 Å². The van der Waals surface area contributed by atoms with Crippen molar-refractivity contribution in [2.24, 2.45) is 11.8 Å². The van der Waals surface area contributed by atoms with Crippen molar-refractivity contribution >= 4 is 34.6 Å². The Bertz CT molecular complexity index is 1080. The maximum absolute atomic E-state index is 11.5. The van der Waals surface area contributed by atoms with E-state index in [4.69, 9.17) is 14.6 Å². The largest absolute Gasteiger partial charge is 0.478 e. The number of hydrogen-bond acceptors (Lipinski definition) is 6. The van der Waals surface area contributed by atoms with Crippen LogP contribution < -0.4 is 0 Å². The number of carbonyl (C=O) groups excluding carboxylic acids is 2. The summed E-state index contributed by atoms with van der Waals surface area (Å²) in [6.45, 7) is 0.404. The monoisotopic (exact) mass is 440 g/mol. The molecule has 168 valence electrons. The van der Waals surface area contributed by atoms with Gasteiger partial charge in [0.15, 0.2) is 0 Å². The van der Waals surface area contributed by atoms with Crippen LogP contribution >= 0.6 is 0 Å². The van der Waals surface area contributed by atoms with E-state index in [0.29, 0.717) is 18.4 Å². The number of benzene rings is 2. The van der Waals surface area contributed by atoms with Gasteiger partial charge in [-0.15, -0.1) is 0 Å². The summed E-state index contributed by atoms with van der Waals surface area (Å²) < 4.78 is 9.97. The fourth-order valence-corrected chi connectivity index (χ4v) is 4.84. The van der Waals surface area contributed by atoms with E-state index in [1.54, 1.807) is 18.2 Å². The van der Waals surface area contributed by atoms with Crippen LogP contribution in [0.25, 0.3) is 10.8 Å². The van der Waals surface area contributed by atoms with Crippen molar-refractivity contribution in [1.29, 1.82) is 0 Å². The van der Waals surface area contributed by atoms with Crippen molar-refractivity contribution in [3.8, 4) is 0 Å². The lowest BCUT2D eigenvalue weighted by Crippen LogP contribution is -2.38. The van der Waals surface area contributed by atoms with Gasteiger partial charge >= 0.3 is 23.9 Å². The van der Waals surface area contributed by atoms with E-state index in [1.807, 2.05) is 6.07 Å². The molecule has 8 heteroatoms. The fraction of sp³-hybridized carbons (Fsp3) is 0.417. The average Bonchev–Trinajstić information content (AvgIpc) is 3.11. The first-order valence-corrected chi connectivity index (χ1v) is 10.7. The molecule has 2 fully saturated rings. The second kappa shape index (κ2) is 8.98. The SMILES string of the molecule is O=C(O)c1ccc2cc3c(C(=O)O)c(c2c1)CC3.O=C1OCCOC(=O)C2CCCCC12. The third kappa shape index (κ3) is 4.17. The second-order valence-electron chi connectivity index (χ2n) is 8.27. The van der Waals surface area contributed by atoms with Gasteiger partial charge in [-0.2, -0.15) is 0 Å². The topological polar surface area (TPSA) is 127 Å². The van der Waals surface area contributed by atoms with Crippen LogP contribution in [-0.2, 0) is 31.9 Å². The molecule has 2 unspecified atom stereocenters. The van der Waals surface area contributed by atoms with Crippen LogP contribution in [0.2, 0.25) is 0 Å². The normalized spacial score (nSPS) is 21.9. The van der Waals surface area contributed by atoms with E-state index in [9.17, 15) is 24.3 Å². The summed E-state index contributed by atoms with van der Waals surface area (Å²) in [6, 6.07) is 6.70. The van der Waals surface area contributed by atoms with Crippen LogP contribution in [0.5, 0.6) is 0 Å². The minimum atomic E-state index is -0.997. The molecule has 5 rings (SSSR count). The highest BCUT2D eigenvalue weighted by Crippen LogP contribution is 2.34. The number of cyclic esters (lactones) is 2. The molecule has 2 N–H and O–H groups in total. The van der Waals surface area contributed by atoms with Crippen LogP contribution in [0.1, 0.15) is 57.5 Å². The summed E-state index contributed by atoms with van der Waals surface area (Å²) in [6.07, 6.45) is 4.92. The Morgan fingerprint density at radius 2 is 1.47 bits per heavy atom.